The summed E-state index contributed by atoms with van der Waals surface area (Å²) in [7, 11) is -3.27. The van der Waals surface area contributed by atoms with E-state index in [4.69, 9.17) is 0 Å². The van der Waals surface area contributed by atoms with Crippen LogP contribution in [0.2, 0.25) is 0 Å². The summed E-state index contributed by atoms with van der Waals surface area (Å²) < 4.78 is 23.0. The predicted octanol–water partition coefficient (Wildman–Crippen LogP) is 2.10. The smallest absolute Gasteiger partial charge is 0.254 e. The van der Waals surface area contributed by atoms with Crippen LogP contribution in [0.4, 0.5) is 0 Å². The van der Waals surface area contributed by atoms with Gasteiger partial charge in [0.1, 0.15) is 0 Å². The van der Waals surface area contributed by atoms with Gasteiger partial charge in [-0.1, -0.05) is 6.07 Å². The van der Waals surface area contributed by atoms with Crippen LogP contribution in [0.1, 0.15) is 36.5 Å². The van der Waals surface area contributed by atoms with Crippen LogP contribution in [-0.4, -0.2) is 38.1 Å². The van der Waals surface area contributed by atoms with Gasteiger partial charge in [0.15, 0.2) is 9.84 Å². The summed E-state index contributed by atoms with van der Waals surface area (Å²) in [6.45, 7) is 2.79. The van der Waals surface area contributed by atoms with E-state index in [0.29, 0.717) is 5.56 Å². The molecule has 1 atom stereocenters. The van der Waals surface area contributed by atoms with Gasteiger partial charge in [-0.3, -0.25) is 4.79 Å². The van der Waals surface area contributed by atoms with E-state index < -0.39 is 9.84 Å². The molecule has 0 N–H and O–H groups in total. The third kappa shape index (κ3) is 3.15. The van der Waals surface area contributed by atoms with Gasteiger partial charge < -0.3 is 4.90 Å². The van der Waals surface area contributed by atoms with Gasteiger partial charge in [0.25, 0.3) is 5.91 Å². The summed E-state index contributed by atoms with van der Waals surface area (Å²) >= 11 is 0. The second-order valence-electron chi connectivity index (χ2n) is 5.14. The van der Waals surface area contributed by atoms with Crippen molar-refractivity contribution in [3.8, 4) is 0 Å². The van der Waals surface area contributed by atoms with Crippen molar-refractivity contribution in [3.05, 3.63) is 29.8 Å². The minimum atomic E-state index is -3.27. The van der Waals surface area contributed by atoms with Crippen molar-refractivity contribution in [2.45, 2.75) is 37.1 Å². The monoisotopic (exact) mass is 281 g/mol. The Balaban J connectivity index is 2.29. The summed E-state index contributed by atoms with van der Waals surface area (Å²) in [5.41, 5.74) is 0.455. The van der Waals surface area contributed by atoms with Crippen LogP contribution in [-0.2, 0) is 9.84 Å². The topological polar surface area (TPSA) is 54.5 Å². The summed E-state index contributed by atoms with van der Waals surface area (Å²) in [4.78, 5) is 14.5. The SMILES string of the molecule is C[C@H]1CCCCN1C(=O)c1cccc(S(C)(=O)=O)c1. The molecule has 0 aliphatic carbocycles. The molecule has 19 heavy (non-hydrogen) atoms. The third-order valence-corrected chi connectivity index (χ3v) is 4.68. The summed E-state index contributed by atoms with van der Waals surface area (Å²) in [5, 5.41) is 0. The molecule has 5 heteroatoms. The average molecular weight is 281 g/mol. The van der Waals surface area contributed by atoms with Crippen LogP contribution in [0, 0.1) is 0 Å². The number of hydrogen-bond acceptors (Lipinski definition) is 3. The van der Waals surface area contributed by atoms with Crippen LogP contribution in [0.5, 0.6) is 0 Å². The molecule has 0 spiro atoms. The lowest BCUT2D eigenvalue weighted by molar-refractivity contribution is 0.0635. The Bertz CT molecular complexity index is 580. The Morgan fingerprint density at radius 3 is 2.68 bits per heavy atom. The Morgan fingerprint density at radius 1 is 1.32 bits per heavy atom. The number of amides is 1. The largest absolute Gasteiger partial charge is 0.336 e. The van der Waals surface area contributed by atoms with Gasteiger partial charge >= 0.3 is 0 Å². The molecule has 4 nitrogen and oxygen atoms in total. The number of carbonyl (C=O) groups excluding carboxylic acids is 1. The molecule has 1 aromatic carbocycles. The van der Waals surface area contributed by atoms with Crippen LogP contribution >= 0.6 is 0 Å². The van der Waals surface area contributed by atoms with Gasteiger partial charge in [-0.25, -0.2) is 8.42 Å². The summed E-state index contributed by atoms with van der Waals surface area (Å²) in [6.07, 6.45) is 4.33. The predicted molar refractivity (Wildman–Crippen MR) is 73.9 cm³/mol. The van der Waals surface area contributed by atoms with Crippen molar-refractivity contribution in [1.29, 1.82) is 0 Å². The van der Waals surface area contributed by atoms with Crippen LogP contribution in [0.25, 0.3) is 0 Å². The Labute approximate surface area is 114 Å². The van der Waals surface area contributed by atoms with Crippen molar-refractivity contribution in [2.75, 3.05) is 12.8 Å². The average Bonchev–Trinajstić information content (AvgIpc) is 2.38. The maximum absolute atomic E-state index is 12.4. The molecule has 1 saturated heterocycles. The molecular formula is C14H19NO3S. The minimum absolute atomic E-state index is 0.0716. The van der Waals surface area contributed by atoms with E-state index in [9.17, 15) is 13.2 Å². The maximum atomic E-state index is 12.4. The quantitative estimate of drug-likeness (QED) is 0.834. The van der Waals surface area contributed by atoms with E-state index in [-0.39, 0.29) is 16.8 Å². The highest BCUT2D eigenvalue weighted by molar-refractivity contribution is 7.90. The molecule has 1 aliphatic rings. The highest BCUT2D eigenvalue weighted by Gasteiger charge is 2.24. The molecule has 1 amide bonds. The fraction of sp³-hybridized carbons (Fsp3) is 0.500. The molecule has 1 fully saturated rings. The van der Waals surface area contributed by atoms with Gasteiger partial charge in [0.2, 0.25) is 0 Å². The van der Waals surface area contributed by atoms with E-state index in [1.165, 1.54) is 12.1 Å². The molecule has 2 rings (SSSR count). The second-order valence-corrected chi connectivity index (χ2v) is 7.16. The Kier molecular flexibility index (Phi) is 3.94. The molecule has 0 aromatic heterocycles. The highest BCUT2D eigenvalue weighted by Crippen LogP contribution is 2.20. The van der Waals surface area contributed by atoms with Crippen molar-refractivity contribution in [2.24, 2.45) is 0 Å². The van der Waals surface area contributed by atoms with E-state index in [1.807, 2.05) is 11.8 Å². The number of likely N-dealkylation sites (tertiary alicyclic amines) is 1. The Hall–Kier alpha value is -1.36. The lowest BCUT2D eigenvalue weighted by Gasteiger charge is -2.33. The first kappa shape index (κ1) is 14.1. The third-order valence-electron chi connectivity index (χ3n) is 3.57. The molecule has 104 valence electrons. The zero-order valence-corrected chi connectivity index (χ0v) is 12.1. The first-order valence-corrected chi connectivity index (χ1v) is 8.40. The summed E-state index contributed by atoms with van der Waals surface area (Å²) in [5.74, 6) is -0.0716. The molecule has 1 aromatic rings. The second kappa shape index (κ2) is 5.33. The van der Waals surface area contributed by atoms with E-state index in [2.05, 4.69) is 0 Å². The fourth-order valence-corrected chi connectivity index (χ4v) is 3.09. The lowest BCUT2D eigenvalue weighted by Crippen LogP contribution is -2.42. The van der Waals surface area contributed by atoms with Crippen molar-refractivity contribution in [3.63, 3.8) is 0 Å². The molecule has 1 aliphatic heterocycles. The highest BCUT2D eigenvalue weighted by atomic mass is 32.2. The number of benzene rings is 1. The van der Waals surface area contributed by atoms with Gasteiger partial charge in [-0.2, -0.15) is 0 Å². The van der Waals surface area contributed by atoms with E-state index in [1.54, 1.807) is 12.1 Å². The molecular weight excluding hydrogens is 262 g/mol. The number of sulfone groups is 1. The van der Waals surface area contributed by atoms with Crippen molar-refractivity contribution >= 4 is 15.7 Å². The number of nitrogens with zero attached hydrogens (tertiary/aromatic N) is 1. The molecule has 0 bridgehead atoms. The van der Waals surface area contributed by atoms with Gasteiger partial charge in [-0.05, 0) is 44.4 Å². The summed E-state index contributed by atoms with van der Waals surface area (Å²) in [6, 6.07) is 6.52. The van der Waals surface area contributed by atoms with E-state index in [0.717, 1.165) is 32.1 Å². The number of carbonyl (C=O) groups is 1. The van der Waals surface area contributed by atoms with Crippen molar-refractivity contribution in [1.82, 2.24) is 4.90 Å². The first-order valence-electron chi connectivity index (χ1n) is 6.50. The van der Waals surface area contributed by atoms with Crippen LogP contribution < -0.4 is 0 Å². The van der Waals surface area contributed by atoms with Crippen LogP contribution in [0.15, 0.2) is 29.2 Å². The maximum Gasteiger partial charge on any atom is 0.254 e. The number of hydrogen-bond donors (Lipinski definition) is 0. The molecule has 1 heterocycles. The van der Waals surface area contributed by atoms with Gasteiger partial charge in [0.05, 0.1) is 4.90 Å². The lowest BCUT2D eigenvalue weighted by atomic mass is 10.0. The molecule has 0 unspecified atom stereocenters. The molecule has 0 radical (unpaired) electrons. The molecule has 0 saturated carbocycles. The zero-order valence-electron chi connectivity index (χ0n) is 11.3. The minimum Gasteiger partial charge on any atom is -0.336 e. The number of rotatable bonds is 2. The van der Waals surface area contributed by atoms with Crippen LogP contribution in [0.3, 0.4) is 0 Å². The normalized spacial score (nSPS) is 20.3. The van der Waals surface area contributed by atoms with E-state index >= 15 is 0 Å². The van der Waals surface area contributed by atoms with Crippen molar-refractivity contribution < 1.29 is 13.2 Å². The first-order chi connectivity index (χ1) is 8.89. The zero-order chi connectivity index (χ0) is 14.0. The standard InChI is InChI=1S/C14H19NO3S/c1-11-6-3-4-9-15(11)14(16)12-7-5-8-13(10-12)19(2,17)18/h5,7-8,10-11H,3-4,6,9H2,1-2H3/t11-/m0/s1. The Morgan fingerprint density at radius 2 is 2.05 bits per heavy atom. The number of piperidine rings is 1. The van der Waals surface area contributed by atoms with Gasteiger partial charge in [0, 0.05) is 24.4 Å². The van der Waals surface area contributed by atoms with Gasteiger partial charge in [-0.15, -0.1) is 0 Å². The fourth-order valence-electron chi connectivity index (χ4n) is 2.43.